The number of aromatic amines is 2. The molecule has 1 unspecified atom stereocenters. The lowest BCUT2D eigenvalue weighted by Crippen LogP contribution is -2.51. The molecule has 0 spiro atoms. The molecule has 4 amide bonds. The number of hydrogen-bond donors (Lipinski definition) is 4. The molecule has 5 heterocycles. The summed E-state index contributed by atoms with van der Waals surface area (Å²) in [6.45, 7) is 18.5. The van der Waals surface area contributed by atoms with Crippen molar-refractivity contribution in [1.29, 1.82) is 0 Å². The van der Waals surface area contributed by atoms with Crippen molar-refractivity contribution in [2.24, 2.45) is 17.8 Å². The standard InChI is InChI=1S/C64H91N9O12/c1-40(2)52(69-62(76)80-10)60(74)71-28-12-14-50(71)58-65-38-48(67-58)42-16-20-44(21-17-42)54-56(84-36-34-82-32-30-78-8)57(85-37-35-83-33-31-79-9)55(73(54)47-26-24-46(25-27-47)64(5,6)7)45-22-18-43(19-23-45)49-39-66-59(68-49)51-15-13-29-72(51)61(75)53(41(3)4)70-63(77)81-11/h16-22,24-27,38-41,45,50-57H,12-15,23,28-37H2,1-11H3,(H,65,67)(H,66,68)(H,69,76)(H,70,77)/t45?,50-,51-,52-,53-,54-,55-,56+,57+/m0/s1. The first-order valence-electron chi connectivity index (χ1n) is 30.1. The van der Waals surface area contributed by atoms with Crippen LogP contribution in [0.1, 0.15) is 127 Å². The van der Waals surface area contributed by atoms with Crippen LogP contribution in [0.5, 0.6) is 0 Å². The smallest absolute Gasteiger partial charge is 0.407 e. The van der Waals surface area contributed by atoms with Gasteiger partial charge < -0.3 is 73.2 Å². The molecule has 3 saturated heterocycles. The van der Waals surface area contributed by atoms with Crippen LogP contribution in [0, 0.1) is 17.8 Å². The van der Waals surface area contributed by atoms with Gasteiger partial charge in [-0.1, -0.05) is 103 Å². The van der Waals surface area contributed by atoms with Gasteiger partial charge in [-0.2, -0.15) is 0 Å². The second-order valence-corrected chi connectivity index (χ2v) is 24.0. The van der Waals surface area contributed by atoms with E-state index < -0.39 is 36.5 Å². The first kappa shape index (κ1) is 64.4. The molecule has 4 aromatic rings. The van der Waals surface area contributed by atoms with E-state index in [4.69, 9.17) is 47.9 Å². The minimum atomic E-state index is -0.742. The van der Waals surface area contributed by atoms with E-state index in [1.165, 1.54) is 19.8 Å². The van der Waals surface area contributed by atoms with E-state index in [2.05, 4.69) is 113 Å². The Hall–Kier alpha value is -6.62. The minimum absolute atomic E-state index is 0.0584. The number of amides is 4. The third-order valence-electron chi connectivity index (χ3n) is 16.7. The number of hydrogen-bond acceptors (Lipinski definition) is 15. The van der Waals surface area contributed by atoms with Gasteiger partial charge in [0.1, 0.15) is 35.9 Å². The van der Waals surface area contributed by atoms with E-state index in [-0.39, 0.29) is 59.2 Å². The zero-order chi connectivity index (χ0) is 60.8. The van der Waals surface area contributed by atoms with E-state index in [9.17, 15) is 19.2 Å². The van der Waals surface area contributed by atoms with Gasteiger partial charge in [0.2, 0.25) is 11.8 Å². The number of allylic oxidation sites excluding steroid dienone is 3. The van der Waals surface area contributed by atoms with Crippen LogP contribution in [0.25, 0.3) is 16.8 Å². The number of rotatable bonds is 27. The van der Waals surface area contributed by atoms with Crippen molar-refractivity contribution < 1.29 is 57.1 Å². The number of alkyl carbamates (subject to hydrolysis) is 2. The fourth-order valence-electron chi connectivity index (χ4n) is 12.1. The van der Waals surface area contributed by atoms with Crippen molar-refractivity contribution in [2.75, 3.05) is 99.3 Å². The first-order valence-corrected chi connectivity index (χ1v) is 30.1. The summed E-state index contributed by atoms with van der Waals surface area (Å²) in [4.78, 5) is 75.5. The minimum Gasteiger partial charge on any atom is -0.453 e. The molecule has 21 heteroatoms. The number of likely N-dealkylation sites (tertiary alicyclic amines) is 2. The Labute approximate surface area is 501 Å². The van der Waals surface area contributed by atoms with E-state index >= 15 is 0 Å². The van der Waals surface area contributed by atoms with Gasteiger partial charge in [-0.3, -0.25) is 9.59 Å². The summed E-state index contributed by atoms with van der Waals surface area (Å²) in [5, 5.41) is 5.48. The number of ether oxygens (including phenoxy) is 8. The highest BCUT2D eigenvalue weighted by Gasteiger charge is 2.54. The molecule has 464 valence electrons. The fraction of sp³-hybridized carbons (Fsp3) is 0.594. The number of carbonyl (C=O) groups is 4. The summed E-state index contributed by atoms with van der Waals surface area (Å²) >= 11 is 0. The summed E-state index contributed by atoms with van der Waals surface area (Å²) in [5.74, 6) is 0.695. The molecule has 21 nitrogen and oxygen atoms in total. The molecule has 3 aliphatic heterocycles. The van der Waals surface area contributed by atoms with Crippen LogP contribution in [-0.2, 0) is 52.9 Å². The van der Waals surface area contributed by atoms with Crippen molar-refractivity contribution in [3.05, 3.63) is 108 Å². The van der Waals surface area contributed by atoms with Gasteiger partial charge in [0, 0.05) is 38.9 Å². The van der Waals surface area contributed by atoms with E-state index in [1.54, 1.807) is 14.2 Å². The molecule has 9 atom stereocenters. The first-order chi connectivity index (χ1) is 41.0. The van der Waals surface area contributed by atoms with Crippen LogP contribution >= 0.6 is 0 Å². The molecule has 85 heavy (non-hydrogen) atoms. The second kappa shape index (κ2) is 30.1. The normalized spacial score (nSPS) is 22.3. The van der Waals surface area contributed by atoms with Crippen molar-refractivity contribution in [3.8, 4) is 11.3 Å². The maximum atomic E-state index is 14.0. The Kier molecular flexibility index (Phi) is 22.8. The van der Waals surface area contributed by atoms with Crippen LogP contribution in [-0.4, -0.2) is 178 Å². The van der Waals surface area contributed by atoms with E-state index in [1.807, 2.05) is 49.9 Å². The van der Waals surface area contributed by atoms with E-state index in [0.29, 0.717) is 84.0 Å². The zero-order valence-electron chi connectivity index (χ0n) is 51.6. The van der Waals surface area contributed by atoms with Gasteiger partial charge in [-0.15, -0.1) is 0 Å². The van der Waals surface area contributed by atoms with Gasteiger partial charge in [0.15, 0.2) is 0 Å². The largest absolute Gasteiger partial charge is 0.453 e. The van der Waals surface area contributed by atoms with Gasteiger partial charge in [0.25, 0.3) is 0 Å². The molecule has 1 aliphatic carbocycles. The Morgan fingerprint density at radius 2 is 1.15 bits per heavy atom. The van der Waals surface area contributed by atoms with Crippen LogP contribution in [0.3, 0.4) is 0 Å². The molecule has 8 rings (SSSR count). The van der Waals surface area contributed by atoms with Crippen molar-refractivity contribution in [1.82, 2.24) is 40.4 Å². The van der Waals surface area contributed by atoms with Gasteiger partial charge in [-0.05, 0) is 83.8 Å². The van der Waals surface area contributed by atoms with Crippen molar-refractivity contribution in [3.63, 3.8) is 0 Å². The zero-order valence-corrected chi connectivity index (χ0v) is 51.6. The predicted molar refractivity (Wildman–Crippen MR) is 323 cm³/mol. The summed E-state index contributed by atoms with van der Waals surface area (Å²) in [6, 6.07) is 14.8. The topological polar surface area (TPSA) is 233 Å². The highest BCUT2D eigenvalue weighted by molar-refractivity contribution is 5.87. The van der Waals surface area contributed by atoms with Crippen LogP contribution in [0.4, 0.5) is 15.3 Å². The maximum Gasteiger partial charge on any atom is 0.407 e. The third-order valence-corrected chi connectivity index (χ3v) is 16.7. The number of imidazole rings is 2. The molecule has 2 aromatic carbocycles. The highest BCUT2D eigenvalue weighted by atomic mass is 16.6. The summed E-state index contributed by atoms with van der Waals surface area (Å²) in [7, 11) is 5.90. The second-order valence-electron chi connectivity index (χ2n) is 24.0. The third kappa shape index (κ3) is 15.7. The number of methoxy groups -OCH3 is 4. The number of carbonyl (C=O) groups excluding carboxylic acids is 4. The Bertz CT molecular complexity index is 2860. The summed E-state index contributed by atoms with van der Waals surface area (Å²) < 4.78 is 46.5. The maximum absolute atomic E-state index is 14.0. The molecule has 0 bridgehead atoms. The molecule has 0 radical (unpaired) electrons. The monoisotopic (exact) mass is 1180 g/mol. The molecular formula is C64H91N9O12. The van der Waals surface area contributed by atoms with E-state index in [0.717, 1.165) is 59.5 Å². The quantitative estimate of drug-likeness (QED) is 0.0408. The lowest BCUT2D eigenvalue weighted by atomic mass is 9.85. The van der Waals surface area contributed by atoms with Gasteiger partial charge >= 0.3 is 12.2 Å². The Morgan fingerprint density at radius 1 is 0.647 bits per heavy atom. The number of nitrogens with zero attached hydrogens (tertiary/aromatic N) is 5. The number of H-pyrrole nitrogens is 2. The van der Waals surface area contributed by atoms with Gasteiger partial charge in [-0.25, -0.2) is 19.6 Å². The number of nitrogens with one attached hydrogen (secondary N) is 4. The molecule has 4 N–H and O–H groups in total. The molecule has 4 aliphatic rings. The molecule has 3 fully saturated rings. The average molecular weight is 1180 g/mol. The van der Waals surface area contributed by atoms with Crippen LogP contribution in [0.15, 0.2) is 79.2 Å². The summed E-state index contributed by atoms with van der Waals surface area (Å²) in [6.07, 6.45) is 11.9. The number of aromatic nitrogens is 4. The average Bonchev–Trinajstić information content (AvgIpc) is 2.03. The lowest BCUT2D eigenvalue weighted by molar-refractivity contribution is -0.136. The van der Waals surface area contributed by atoms with Crippen LogP contribution in [0.2, 0.25) is 0 Å². The lowest BCUT2D eigenvalue weighted by Gasteiger charge is -2.38. The summed E-state index contributed by atoms with van der Waals surface area (Å²) in [5.41, 5.74) is 6.73. The van der Waals surface area contributed by atoms with Crippen molar-refractivity contribution in [2.45, 2.75) is 134 Å². The fourth-order valence-corrected chi connectivity index (χ4v) is 12.1. The molecule has 0 saturated carbocycles. The predicted octanol–water partition coefficient (Wildman–Crippen LogP) is 8.87. The van der Waals surface area contributed by atoms with Crippen molar-refractivity contribution >= 4 is 35.3 Å². The molecular weight excluding hydrogens is 1090 g/mol. The SMILES string of the molecule is COCCOCCO[C@H]1[C@H](OCCOCCOC)[C@H](C2C=CC(c3cnc([C@@H]4CCCN4C(=O)[C@@H](NC(=O)OC)C(C)C)[nH]3)=CC2)N(c2ccc(C(C)(C)C)cc2)[C@H]1c1ccc(-c2cnc([C@@H]3CCCN3C(=O)[C@@H](NC(=O)OC)C(C)C)[nH]2)cc1. The Morgan fingerprint density at radius 3 is 1.64 bits per heavy atom. The number of benzene rings is 2. The number of anilines is 1. The van der Waals surface area contributed by atoms with Gasteiger partial charge in [0.05, 0.1) is 115 Å². The Balaban J connectivity index is 1.12. The highest BCUT2D eigenvalue weighted by Crippen LogP contribution is 2.48. The van der Waals surface area contributed by atoms with Crippen LogP contribution < -0.4 is 15.5 Å². The molecule has 2 aromatic heterocycles.